The van der Waals surface area contributed by atoms with Crippen molar-refractivity contribution in [2.45, 2.75) is 32.1 Å². The third kappa shape index (κ3) is 4.04. The van der Waals surface area contributed by atoms with E-state index < -0.39 is 10.2 Å². The van der Waals surface area contributed by atoms with Crippen LogP contribution in [0.15, 0.2) is 0 Å². The molecule has 2 rings (SSSR count). The van der Waals surface area contributed by atoms with E-state index >= 15 is 0 Å². The van der Waals surface area contributed by atoms with Crippen molar-refractivity contribution in [1.29, 1.82) is 0 Å². The van der Waals surface area contributed by atoms with Crippen LogP contribution in [0.2, 0.25) is 0 Å². The smallest absolute Gasteiger partial charge is 0.279 e. The summed E-state index contributed by atoms with van der Waals surface area (Å²) in [4.78, 5) is 0. The highest BCUT2D eigenvalue weighted by atomic mass is 35.5. The number of rotatable bonds is 5. The minimum atomic E-state index is -3.39. The lowest BCUT2D eigenvalue weighted by molar-refractivity contribution is 0.0722. The van der Waals surface area contributed by atoms with Crippen molar-refractivity contribution in [3.8, 4) is 0 Å². The lowest BCUT2D eigenvalue weighted by atomic mass is 9.76. The zero-order chi connectivity index (χ0) is 13.8. The van der Waals surface area contributed by atoms with E-state index in [0.717, 1.165) is 25.7 Å². The molecular weight excluding hydrogens is 288 g/mol. The van der Waals surface area contributed by atoms with E-state index in [4.69, 9.17) is 16.3 Å². The lowest BCUT2D eigenvalue weighted by Crippen LogP contribution is -2.49. The van der Waals surface area contributed by atoms with E-state index in [1.807, 2.05) is 0 Å². The number of hydrogen-bond donors (Lipinski definition) is 1. The largest absolute Gasteiger partial charge is 0.379 e. The molecule has 0 bridgehead atoms. The van der Waals surface area contributed by atoms with E-state index in [2.05, 4.69) is 4.72 Å². The standard InChI is InChI=1S/C12H23ClN2O3S/c13-10-12(4-2-1-3-5-12)11-14-19(16,17)15-6-8-18-9-7-15/h14H,1-11H2. The second kappa shape index (κ2) is 6.72. The van der Waals surface area contributed by atoms with Crippen LogP contribution in [-0.2, 0) is 14.9 Å². The third-order valence-electron chi connectivity index (χ3n) is 4.14. The molecule has 0 spiro atoms. The number of morpholine rings is 1. The van der Waals surface area contributed by atoms with Crippen molar-refractivity contribution in [1.82, 2.24) is 9.03 Å². The normalized spacial score (nSPS) is 25.3. The first-order chi connectivity index (χ1) is 9.08. The Morgan fingerprint density at radius 1 is 1.16 bits per heavy atom. The number of nitrogens with zero attached hydrogens (tertiary/aromatic N) is 1. The van der Waals surface area contributed by atoms with Crippen LogP contribution < -0.4 is 4.72 Å². The molecule has 1 saturated heterocycles. The second-order valence-electron chi connectivity index (χ2n) is 5.53. The molecule has 1 heterocycles. The Hall–Kier alpha value is 0.120. The van der Waals surface area contributed by atoms with Gasteiger partial charge in [-0.2, -0.15) is 12.7 Å². The van der Waals surface area contributed by atoms with Crippen molar-refractivity contribution in [2.24, 2.45) is 5.41 Å². The average molecular weight is 311 g/mol. The van der Waals surface area contributed by atoms with Gasteiger partial charge in [0.25, 0.3) is 10.2 Å². The first-order valence-corrected chi connectivity index (χ1v) is 8.94. The van der Waals surface area contributed by atoms with Gasteiger partial charge in [0.2, 0.25) is 0 Å². The summed E-state index contributed by atoms with van der Waals surface area (Å²) >= 11 is 6.08. The number of alkyl halides is 1. The van der Waals surface area contributed by atoms with Gasteiger partial charge in [-0.05, 0) is 18.3 Å². The van der Waals surface area contributed by atoms with Gasteiger partial charge < -0.3 is 4.74 Å². The summed E-state index contributed by atoms with van der Waals surface area (Å²) in [5.41, 5.74) is -0.0564. The molecule has 0 radical (unpaired) electrons. The average Bonchev–Trinajstić information content (AvgIpc) is 2.47. The van der Waals surface area contributed by atoms with E-state index in [-0.39, 0.29) is 5.41 Å². The lowest BCUT2D eigenvalue weighted by Gasteiger charge is -2.36. The van der Waals surface area contributed by atoms with Gasteiger partial charge in [-0.25, -0.2) is 4.72 Å². The summed E-state index contributed by atoms with van der Waals surface area (Å²) < 4.78 is 33.8. The van der Waals surface area contributed by atoms with Gasteiger partial charge in [0.15, 0.2) is 0 Å². The predicted octanol–water partition coefficient (Wildman–Crippen LogP) is 1.34. The fourth-order valence-electron chi connectivity index (χ4n) is 2.78. The number of halogens is 1. The molecule has 1 saturated carbocycles. The fourth-order valence-corrected chi connectivity index (χ4v) is 4.44. The molecule has 112 valence electrons. The van der Waals surface area contributed by atoms with Gasteiger partial charge in [0.1, 0.15) is 0 Å². The molecule has 1 aliphatic heterocycles. The minimum Gasteiger partial charge on any atom is -0.379 e. The molecule has 0 amide bonds. The van der Waals surface area contributed by atoms with Crippen molar-refractivity contribution in [2.75, 3.05) is 38.7 Å². The highest BCUT2D eigenvalue weighted by Crippen LogP contribution is 2.36. The third-order valence-corrected chi connectivity index (χ3v) is 6.26. The summed E-state index contributed by atoms with van der Waals surface area (Å²) in [7, 11) is -3.39. The van der Waals surface area contributed by atoms with Gasteiger partial charge >= 0.3 is 0 Å². The van der Waals surface area contributed by atoms with Crippen molar-refractivity contribution in [3.63, 3.8) is 0 Å². The molecule has 1 N–H and O–H groups in total. The maximum absolute atomic E-state index is 12.2. The Kier molecular flexibility index (Phi) is 5.48. The molecule has 7 heteroatoms. The van der Waals surface area contributed by atoms with Gasteiger partial charge in [-0.15, -0.1) is 11.6 Å². The zero-order valence-electron chi connectivity index (χ0n) is 11.2. The molecule has 5 nitrogen and oxygen atoms in total. The van der Waals surface area contributed by atoms with Gasteiger partial charge in [-0.3, -0.25) is 0 Å². The van der Waals surface area contributed by atoms with Gasteiger partial charge in [-0.1, -0.05) is 19.3 Å². The molecule has 2 aliphatic rings. The summed E-state index contributed by atoms with van der Waals surface area (Å²) in [5, 5.41) is 0. The maximum Gasteiger partial charge on any atom is 0.279 e. The molecular formula is C12H23ClN2O3S. The highest BCUT2D eigenvalue weighted by molar-refractivity contribution is 7.87. The molecule has 2 fully saturated rings. The topological polar surface area (TPSA) is 58.6 Å². The second-order valence-corrected chi connectivity index (χ2v) is 7.55. The molecule has 0 unspecified atom stereocenters. The first kappa shape index (κ1) is 15.5. The van der Waals surface area contributed by atoms with Crippen LogP contribution in [0.1, 0.15) is 32.1 Å². The van der Waals surface area contributed by atoms with Gasteiger partial charge in [0, 0.05) is 25.5 Å². The van der Waals surface area contributed by atoms with Crippen molar-refractivity contribution < 1.29 is 13.2 Å². The Morgan fingerprint density at radius 3 is 2.37 bits per heavy atom. The van der Waals surface area contributed by atoms with Gasteiger partial charge in [0.05, 0.1) is 13.2 Å². The molecule has 1 aliphatic carbocycles. The number of nitrogens with one attached hydrogen (secondary N) is 1. The van der Waals surface area contributed by atoms with Crippen LogP contribution in [0.3, 0.4) is 0 Å². The zero-order valence-corrected chi connectivity index (χ0v) is 12.8. The maximum atomic E-state index is 12.2. The van der Waals surface area contributed by atoms with E-state index in [0.29, 0.717) is 38.7 Å². The van der Waals surface area contributed by atoms with Crippen LogP contribution in [0.5, 0.6) is 0 Å². The minimum absolute atomic E-state index is 0.0564. The van der Waals surface area contributed by atoms with E-state index in [1.165, 1.54) is 10.7 Å². The number of ether oxygens (including phenoxy) is 1. The van der Waals surface area contributed by atoms with E-state index in [1.54, 1.807) is 0 Å². The van der Waals surface area contributed by atoms with Crippen molar-refractivity contribution >= 4 is 21.8 Å². The quantitative estimate of drug-likeness (QED) is 0.780. The van der Waals surface area contributed by atoms with Crippen LogP contribution >= 0.6 is 11.6 Å². The molecule has 0 aromatic heterocycles. The summed E-state index contributed by atoms with van der Waals surface area (Å²) in [6, 6.07) is 0. The Morgan fingerprint density at radius 2 is 1.79 bits per heavy atom. The first-order valence-electron chi connectivity index (χ1n) is 6.96. The Labute approximate surface area is 120 Å². The van der Waals surface area contributed by atoms with Crippen molar-refractivity contribution in [3.05, 3.63) is 0 Å². The monoisotopic (exact) mass is 310 g/mol. The molecule has 19 heavy (non-hydrogen) atoms. The van der Waals surface area contributed by atoms with Crippen LogP contribution in [0.25, 0.3) is 0 Å². The number of hydrogen-bond acceptors (Lipinski definition) is 3. The predicted molar refractivity (Wildman–Crippen MR) is 75.6 cm³/mol. The highest BCUT2D eigenvalue weighted by Gasteiger charge is 2.34. The van der Waals surface area contributed by atoms with Crippen LogP contribution in [-0.4, -0.2) is 51.5 Å². The van der Waals surface area contributed by atoms with Crippen LogP contribution in [0, 0.1) is 5.41 Å². The fraction of sp³-hybridized carbons (Fsp3) is 1.00. The Bertz CT molecular complexity index is 376. The SMILES string of the molecule is O=S(=O)(NCC1(CCl)CCCCC1)N1CCOCC1. The Balaban J connectivity index is 1.92. The summed E-state index contributed by atoms with van der Waals surface area (Å²) in [6.07, 6.45) is 5.55. The van der Waals surface area contributed by atoms with Crippen LogP contribution in [0.4, 0.5) is 0 Å². The molecule has 0 aromatic rings. The van der Waals surface area contributed by atoms with E-state index in [9.17, 15) is 8.42 Å². The summed E-state index contributed by atoms with van der Waals surface area (Å²) in [5.74, 6) is 0.526. The molecule has 0 atom stereocenters. The summed E-state index contributed by atoms with van der Waals surface area (Å²) in [6.45, 7) is 2.27. The molecule has 0 aromatic carbocycles.